The molecule has 1 aromatic heterocycles. The second-order valence-electron chi connectivity index (χ2n) is 6.51. The number of carbonyl (C=O) groups excluding carboxylic acids is 3. The number of nitrogens with one attached hydrogen (secondary N) is 1. The van der Waals surface area contributed by atoms with Gasteiger partial charge < -0.3 is 4.74 Å². The Hall–Kier alpha value is -5.67. The first kappa shape index (κ1) is 25.0. The number of ether oxygens (including phenoxy) is 1. The van der Waals surface area contributed by atoms with E-state index in [1.807, 2.05) is 0 Å². The fraction of sp³-hybridized carbons (Fsp3) is 0.0500. The van der Waals surface area contributed by atoms with Crippen molar-refractivity contribution in [1.29, 1.82) is 0 Å². The van der Waals surface area contributed by atoms with E-state index >= 15 is 0 Å². The van der Waals surface area contributed by atoms with E-state index in [4.69, 9.17) is 0 Å². The smallest absolute Gasteiger partial charge is 0.372 e. The number of non-ortho nitro benzene ring substituents is 2. The molecule has 0 saturated carbocycles. The van der Waals surface area contributed by atoms with Crippen molar-refractivity contribution in [3.63, 3.8) is 0 Å². The molecule has 184 valence electrons. The zero-order valence-electron chi connectivity index (χ0n) is 17.8. The molecule has 1 N–H and O–H groups in total. The number of benzene rings is 2. The summed E-state index contributed by atoms with van der Waals surface area (Å²) in [7, 11) is 0. The molecule has 1 unspecified atom stereocenters. The first-order valence-electron chi connectivity index (χ1n) is 9.64. The highest BCUT2D eigenvalue weighted by Gasteiger charge is 2.19. The molecule has 16 nitrogen and oxygen atoms in total. The summed E-state index contributed by atoms with van der Waals surface area (Å²) < 4.78 is 5.78. The second-order valence-corrected chi connectivity index (χ2v) is 6.51. The summed E-state index contributed by atoms with van der Waals surface area (Å²) in [6, 6.07) is 10.4. The molecular weight excluding hydrogens is 484 g/mol. The summed E-state index contributed by atoms with van der Waals surface area (Å²) in [5, 5.41) is 27.4. The quantitative estimate of drug-likeness (QED) is 0.0862. The summed E-state index contributed by atoms with van der Waals surface area (Å²) >= 11 is 0. The van der Waals surface area contributed by atoms with Gasteiger partial charge in [-0.25, -0.2) is 28.9 Å². The van der Waals surface area contributed by atoms with Crippen LogP contribution < -0.4 is 5.32 Å². The number of rotatable bonds is 9. The number of aromatic nitrogens is 2. The van der Waals surface area contributed by atoms with Gasteiger partial charge in [0, 0.05) is 36.7 Å². The minimum atomic E-state index is -1.30. The van der Waals surface area contributed by atoms with E-state index in [0.29, 0.717) is 6.40 Å². The van der Waals surface area contributed by atoms with Crippen LogP contribution in [0.15, 0.2) is 72.0 Å². The molecule has 1 atom stereocenters. The highest BCUT2D eigenvalue weighted by atomic mass is 17.2. The average molecular weight is 498 g/mol. The van der Waals surface area contributed by atoms with Crippen LogP contribution >= 0.6 is 0 Å². The van der Waals surface area contributed by atoms with Crippen molar-refractivity contribution in [2.45, 2.75) is 6.29 Å². The summed E-state index contributed by atoms with van der Waals surface area (Å²) in [5.74, 6) is -2.06. The molecule has 0 bridgehead atoms. The number of nitrogens with zero attached hydrogens (tertiary/aromatic N) is 5. The molecule has 2 aromatic carbocycles. The Morgan fingerprint density at radius 3 is 2.00 bits per heavy atom. The van der Waals surface area contributed by atoms with Crippen molar-refractivity contribution >= 4 is 35.8 Å². The summed E-state index contributed by atoms with van der Waals surface area (Å²) in [6.07, 6.45) is 0.902. The van der Waals surface area contributed by atoms with Crippen LogP contribution in [0.2, 0.25) is 0 Å². The molecule has 1 amide bonds. The van der Waals surface area contributed by atoms with Crippen molar-refractivity contribution in [2.24, 2.45) is 4.99 Å². The monoisotopic (exact) mass is 498 g/mol. The molecule has 0 spiro atoms. The molecule has 0 saturated heterocycles. The highest BCUT2D eigenvalue weighted by Crippen LogP contribution is 2.14. The van der Waals surface area contributed by atoms with Gasteiger partial charge in [-0.1, -0.05) is 0 Å². The Morgan fingerprint density at radius 2 is 1.50 bits per heavy atom. The largest absolute Gasteiger partial charge is 0.418 e. The third kappa shape index (κ3) is 6.67. The van der Waals surface area contributed by atoms with Crippen LogP contribution in [-0.2, 0) is 14.5 Å². The first-order chi connectivity index (χ1) is 17.2. The summed E-state index contributed by atoms with van der Waals surface area (Å²) in [6.45, 7) is 0. The van der Waals surface area contributed by atoms with Crippen LogP contribution in [-0.4, -0.2) is 44.1 Å². The molecule has 0 aliphatic rings. The van der Waals surface area contributed by atoms with Gasteiger partial charge in [-0.15, -0.1) is 0 Å². The molecule has 0 aliphatic carbocycles. The van der Waals surface area contributed by atoms with E-state index in [0.717, 1.165) is 53.2 Å². The zero-order valence-corrected chi connectivity index (χ0v) is 17.8. The molecule has 16 heteroatoms. The lowest BCUT2D eigenvalue weighted by atomic mass is 10.2. The minimum absolute atomic E-state index is 0.0379. The Bertz CT molecular complexity index is 1290. The van der Waals surface area contributed by atoms with E-state index in [1.165, 1.54) is 18.5 Å². The summed E-state index contributed by atoms with van der Waals surface area (Å²) in [4.78, 5) is 69.2. The van der Waals surface area contributed by atoms with Crippen LogP contribution in [0.5, 0.6) is 0 Å². The predicted octanol–water partition coefficient (Wildman–Crippen LogP) is 2.54. The van der Waals surface area contributed by atoms with E-state index < -0.39 is 34.2 Å². The maximum absolute atomic E-state index is 12.2. The molecule has 1 heterocycles. The SMILES string of the molecule is O=C(NC(/N=C/OOC(=O)c1ccc([N+](=O)[O-])cc1)n1cccn1)OC(=O)c1ccc([N+](=O)[O-])cc1. The van der Waals surface area contributed by atoms with Crippen LogP contribution in [0.3, 0.4) is 0 Å². The van der Waals surface area contributed by atoms with E-state index in [2.05, 4.69) is 29.9 Å². The molecule has 36 heavy (non-hydrogen) atoms. The standard InChI is InChI=1S/C20H14N6O10/c27-17(13-2-6-15(7-3-13)25(30)31)35-20(29)23-19(24-11-1-10-22-24)21-12-34-36-18(28)14-4-8-16(9-5-14)26(32)33/h1-12,19H,(H,23,29)/b21-12+. The van der Waals surface area contributed by atoms with Gasteiger partial charge in [0.15, 0.2) is 0 Å². The van der Waals surface area contributed by atoms with Crippen molar-refractivity contribution in [1.82, 2.24) is 15.1 Å². The van der Waals surface area contributed by atoms with E-state index in [1.54, 1.807) is 0 Å². The minimum Gasteiger partial charge on any atom is -0.372 e. The lowest BCUT2D eigenvalue weighted by Gasteiger charge is -2.14. The van der Waals surface area contributed by atoms with Gasteiger partial charge in [0.05, 0.1) is 21.0 Å². The third-order valence-corrected chi connectivity index (χ3v) is 4.20. The van der Waals surface area contributed by atoms with Gasteiger partial charge >= 0.3 is 18.0 Å². The van der Waals surface area contributed by atoms with Crippen molar-refractivity contribution < 1.29 is 38.7 Å². The first-order valence-corrected chi connectivity index (χ1v) is 9.64. The van der Waals surface area contributed by atoms with Crippen LogP contribution in [0.4, 0.5) is 16.2 Å². The third-order valence-electron chi connectivity index (χ3n) is 4.20. The van der Waals surface area contributed by atoms with Crippen LogP contribution in [0.1, 0.15) is 27.0 Å². The lowest BCUT2D eigenvalue weighted by molar-refractivity contribution is -0.385. The number of hydrogen-bond donors (Lipinski definition) is 1. The molecule has 0 fully saturated rings. The Labute approximate surface area is 199 Å². The fourth-order valence-corrected chi connectivity index (χ4v) is 2.51. The highest BCUT2D eigenvalue weighted by molar-refractivity contribution is 5.96. The number of carbonyl (C=O) groups is 3. The normalized spacial score (nSPS) is 11.3. The van der Waals surface area contributed by atoms with Crippen LogP contribution in [0, 0.1) is 20.2 Å². The number of hydrogen-bond acceptors (Lipinski definition) is 12. The van der Waals surface area contributed by atoms with Crippen molar-refractivity contribution in [3.05, 3.63) is 98.3 Å². The predicted molar refractivity (Wildman–Crippen MR) is 116 cm³/mol. The topological polar surface area (TPSA) is 207 Å². The van der Waals surface area contributed by atoms with E-state index in [-0.39, 0.29) is 22.5 Å². The second kappa shape index (κ2) is 11.5. The number of alkyl carbamates (subject to hydrolysis) is 1. The fourth-order valence-electron chi connectivity index (χ4n) is 2.51. The number of amides is 1. The number of esters is 1. The Morgan fingerprint density at radius 1 is 0.944 bits per heavy atom. The van der Waals surface area contributed by atoms with Gasteiger partial charge in [-0.3, -0.25) is 30.4 Å². The average Bonchev–Trinajstić information content (AvgIpc) is 3.40. The lowest BCUT2D eigenvalue weighted by Crippen LogP contribution is -2.33. The maximum Gasteiger partial charge on any atom is 0.418 e. The van der Waals surface area contributed by atoms with Gasteiger partial charge in [-0.2, -0.15) is 5.10 Å². The molecular formula is C20H14N6O10. The molecule has 3 aromatic rings. The van der Waals surface area contributed by atoms with E-state index in [9.17, 15) is 34.6 Å². The van der Waals surface area contributed by atoms with Crippen LogP contribution in [0.25, 0.3) is 0 Å². The van der Waals surface area contributed by atoms with Gasteiger partial charge in [-0.05, 0) is 30.3 Å². The van der Waals surface area contributed by atoms with Crippen molar-refractivity contribution in [2.75, 3.05) is 0 Å². The number of nitro benzene ring substituents is 2. The Kier molecular flexibility index (Phi) is 7.94. The van der Waals surface area contributed by atoms with Gasteiger partial charge in [0.2, 0.25) is 12.7 Å². The summed E-state index contributed by atoms with van der Waals surface area (Å²) in [5.41, 5.74) is -0.625. The van der Waals surface area contributed by atoms with Gasteiger partial charge in [0.1, 0.15) is 0 Å². The van der Waals surface area contributed by atoms with Gasteiger partial charge in [0.25, 0.3) is 11.4 Å². The maximum atomic E-state index is 12.2. The number of aliphatic imine (C=N–C) groups is 1. The zero-order chi connectivity index (χ0) is 26.1. The van der Waals surface area contributed by atoms with Crippen molar-refractivity contribution in [3.8, 4) is 0 Å². The molecule has 3 rings (SSSR count). The number of nitro groups is 2. The Balaban J connectivity index is 1.57. The molecule has 0 radical (unpaired) electrons. The molecule has 0 aliphatic heterocycles.